The molecule has 0 saturated heterocycles. The van der Waals surface area contributed by atoms with Crippen LogP contribution < -0.4 is 16.2 Å². The Hall–Kier alpha value is -3.06. The summed E-state index contributed by atoms with van der Waals surface area (Å²) in [6, 6.07) is 19.1. The Labute approximate surface area is 168 Å². The Morgan fingerprint density at radius 2 is 1.75 bits per heavy atom. The number of halogens is 1. The van der Waals surface area contributed by atoms with E-state index < -0.39 is 0 Å². The van der Waals surface area contributed by atoms with Gasteiger partial charge < -0.3 is 10.6 Å². The van der Waals surface area contributed by atoms with Crippen LogP contribution >= 0.6 is 12.2 Å². The Bertz CT molecular complexity index is 974. The topological polar surface area (TPSA) is 59.0 Å². The highest BCUT2D eigenvalue weighted by atomic mass is 32.1. The second-order valence-corrected chi connectivity index (χ2v) is 6.65. The number of rotatable bonds is 7. The van der Waals surface area contributed by atoms with E-state index in [0.717, 1.165) is 29.8 Å². The monoisotopic (exact) mass is 396 g/mol. The summed E-state index contributed by atoms with van der Waals surface area (Å²) in [6.45, 7) is 1.21. The van der Waals surface area contributed by atoms with Crippen molar-refractivity contribution in [1.82, 2.24) is 15.1 Å². The molecule has 1 aromatic heterocycles. The van der Waals surface area contributed by atoms with E-state index in [1.54, 1.807) is 24.3 Å². The van der Waals surface area contributed by atoms with Crippen LogP contribution in [0.25, 0.3) is 11.3 Å². The first-order valence-electron chi connectivity index (χ1n) is 9.06. The lowest BCUT2D eigenvalue weighted by Crippen LogP contribution is -2.29. The fourth-order valence-electron chi connectivity index (χ4n) is 2.67. The number of anilines is 1. The summed E-state index contributed by atoms with van der Waals surface area (Å²) in [6.07, 6.45) is 1.62. The number of benzene rings is 2. The number of unbranched alkanes of at least 4 members (excludes halogenated alkanes) is 1. The van der Waals surface area contributed by atoms with Crippen molar-refractivity contribution < 1.29 is 4.39 Å². The average Bonchev–Trinajstić information content (AvgIpc) is 2.71. The van der Waals surface area contributed by atoms with E-state index in [9.17, 15) is 9.18 Å². The van der Waals surface area contributed by atoms with Crippen LogP contribution in [-0.2, 0) is 6.54 Å². The molecule has 3 aromatic rings. The van der Waals surface area contributed by atoms with Crippen molar-refractivity contribution in [2.45, 2.75) is 19.4 Å². The lowest BCUT2D eigenvalue weighted by molar-refractivity contribution is 0.532. The fraction of sp³-hybridized carbons (Fsp3) is 0.190. The Morgan fingerprint density at radius 1 is 1.00 bits per heavy atom. The molecule has 7 heteroatoms. The van der Waals surface area contributed by atoms with Crippen molar-refractivity contribution in [2.24, 2.45) is 0 Å². The third-order valence-electron chi connectivity index (χ3n) is 4.12. The maximum absolute atomic E-state index is 12.9. The zero-order valence-corrected chi connectivity index (χ0v) is 16.1. The summed E-state index contributed by atoms with van der Waals surface area (Å²) >= 11 is 5.22. The zero-order valence-electron chi connectivity index (χ0n) is 15.3. The SMILES string of the molecule is O=c1ccc(-c2ccccc2)nn1CCCCNC(=S)Nc1ccc(F)cc1. The number of hydrogen-bond acceptors (Lipinski definition) is 3. The lowest BCUT2D eigenvalue weighted by atomic mass is 10.1. The number of aromatic nitrogens is 2. The van der Waals surface area contributed by atoms with Crippen LogP contribution in [0.5, 0.6) is 0 Å². The molecule has 0 bridgehead atoms. The van der Waals surface area contributed by atoms with Gasteiger partial charge in [0, 0.05) is 30.4 Å². The van der Waals surface area contributed by atoms with E-state index in [1.165, 1.54) is 16.8 Å². The zero-order chi connectivity index (χ0) is 19.8. The summed E-state index contributed by atoms with van der Waals surface area (Å²) < 4.78 is 14.4. The molecule has 2 N–H and O–H groups in total. The van der Waals surface area contributed by atoms with E-state index in [0.29, 0.717) is 18.2 Å². The fourth-order valence-corrected chi connectivity index (χ4v) is 2.89. The van der Waals surface area contributed by atoms with Crippen molar-refractivity contribution in [2.75, 3.05) is 11.9 Å². The third-order valence-corrected chi connectivity index (χ3v) is 4.37. The van der Waals surface area contributed by atoms with Gasteiger partial charge in [-0.05, 0) is 55.4 Å². The molecule has 0 atom stereocenters. The van der Waals surface area contributed by atoms with Gasteiger partial charge in [-0.1, -0.05) is 30.3 Å². The van der Waals surface area contributed by atoms with E-state index in [1.807, 2.05) is 30.3 Å². The summed E-state index contributed by atoms with van der Waals surface area (Å²) in [4.78, 5) is 12.0. The van der Waals surface area contributed by atoms with Gasteiger partial charge in [0.2, 0.25) is 0 Å². The second kappa shape index (κ2) is 9.75. The highest BCUT2D eigenvalue weighted by molar-refractivity contribution is 7.80. The second-order valence-electron chi connectivity index (χ2n) is 6.24. The van der Waals surface area contributed by atoms with Gasteiger partial charge in [-0.15, -0.1) is 0 Å². The van der Waals surface area contributed by atoms with Crippen LogP contribution in [0.4, 0.5) is 10.1 Å². The molecule has 3 rings (SSSR count). The normalized spacial score (nSPS) is 10.5. The Balaban J connectivity index is 1.44. The van der Waals surface area contributed by atoms with Crippen LogP contribution in [0.2, 0.25) is 0 Å². The van der Waals surface area contributed by atoms with Crippen molar-refractivity contribution >= 4 is 23.0 Å². The van der Waals surface area contributed by atoms with Gasteiger partial charge in [0.05, 0.1) is 5.69 Å². The number of thiocarbonyl (C=S) groups is 1. The van der Waals surface area contributed by atoms with E-state index >= 15 is 0 Å². The van der Waals surface area contributed by atoms with Crippen LogP contribution in [0.1, 0.15) is 12.8 Å². The molecule has 0 radical (unpaired) electrons. The molecule has 2 aromatic carbocycles. The van der Waals surface area contributed by atoms with E-state index in [4.69, 9.17) is 12.2 Å². The van der Waals surface area contributed by atoms with Gasteiger partial charge in [-0.25, -0.2) is 9.07 Å². The molecule has 0 aliphatic carbocycles. The molecular weight excluding hydrogens is 375 g/mol. The van der Waals surface area contributed by atoms with E-state index in [2.05, 4.69) is 15.7 Å². The van der Waals surface area contributed by atoms with Crippen LogP contribution in [0.15, 0.2) is 71.5 Å². The Kier molecular flexibility index (Phi) is 6.86. The van der Waals surface area contributed by atoms with Gasteiger partial charge in [0.15, 0.2) is 5.11 Å². The van der Waals surface area contributed by atoms with Gasteiger partial charge >= 0.3 is 0 Å². The minimum absolute atomic E-state index is 0.110. The maximum Gasteiger partial charge on any atom is 0.266 e. The molecule has 144 valence electrons. The number of hydrogen-bond donors (Lipinski definition) is 2. The smallest absolute Gasteiger partial charge is 0.266 e. The molecule has 0 saturated carbocycles. The number of nitrogens with one attached hydrogen (secondary N) is 2. The minimum atomic E-state index is -0.287. The first-order chi connectivity index (χ1) is 13.6. The van der Waals surface area contributed by atoms with Crippen LogP contribution in [0, 0.1) is 5.82 Å². The molecule has 0 amide bonds. The number of nitrogens with zero attached hydrogens (tertiary/aromatic N) is 2. The average molecular weight is 396 g/mol. The molecule has 0 fully saturated rings. The predicted molar refractivity (Wildman–Crippen MR) is 114 cm³/mol. The van der Waals surface area contributed by atoms with Gasteiger partial charge in [0.25, 0.3) is 5.56 Å². The molecule has 5 nitrogen and oxygen atoms in total. The summed E-state index contributed by atoms with van der Waals surface area (Å²) in [5.41, 5.74) is 2.38. The molecular formula is C21H21FN4OS. The minimum Gasteiger partial charge on any atom is -0.362 e. The largest absolute Gasteiger partial charge is 0.362 e. The molecule has 0 aliphatic rings. The summed E-state index contributed by atoms with van der Waals surface area (Å²) in [5.74, 6) is -0.287. The molecule has 0 unspecified atom stereocenters. The van der Waals surface area contributed by atoms with Gasteiger partial charge in [-0.2, -0.15) is 5.10 Å². The van der Waals surface area contributed by atoms with Crippen molar-refractivity contribution in [3.63, 3.8) is 0 Å². The van der Waals surface area contributed by atoms with Crippen molar-refractivity contribution in [3.05, 3.63) is 82.9 Å². The molecule has 28 heavy (non-hydrogen) atoms. The summed E-state index contributed by atoms with van der Waals surface area (Å²) in [7, 11) is 0. The number of aryl methyl sites for hydroxylation is 1. The third kappa shape index (κ3) is 5.72. The summed E-state index contributed by atoms with van der Waals surface area (Å²) in [5, 5.41) is 11.0. The quantitative estimate of drug-likeness (QED) is 0.470. The molecule has 0 aliphatic heterocycles. The van der Waals surface area contributed by atoms with Gasteiger partial charge in [0.1, 0.15) is 5.82 Å². The van der Waals surface area contributed by atoms with Gasteiger partial charge in [-0.3, -0.25) is 4.79 Å². The van der Waals surface area contributed by atoms with Crippen LogP contribution in [0.3, 0.4) is 0 Å². The molecule has 1 heterocycles. The first kappa shape index (κ1) is 19.7. The Morgan fingerprint density at radius 3 is 2.50 bits per heavy atom. The maximum atomic E-state index is 12.9. The predicted octanol–water partition coefficient (Wildman–Crippen LogP) is 3.82. The van der Waals surface area contributed by atoms with E-state index in [-0.39, 0.29) is 11.4 Å². The lowest BCUT2D eigenvalue weighted by Gasteiger charge is -2.11. The van der Waals surface area contributed by atoms with Crippen molar-refractivity contribution in [3.8, 4) is 11.3 Å². The first-order valence-corrected chi connectivity index (χ1v) is 9.47. The standard InChI is InChI=1S/C21H21FN4OS/c22-17-8-10-18(11-9-17)24-21(28)23-14-4-5-15-26-20(27)13-12-19(25-26)16-6-2-1-3-7-16/h1-3,6-13H,4-5,14-15H2,(H2,23,24,28). The highest BCUT2D eigenvalue weighted by Crippen LogP contribution is 2.14. The van der Waals surface area contributed by atoms with Crippen LogP contribution in [-0.4, -0.2) is 21.4 Å². The highest BCUT2D eigenvalue weighted by Gasteiger charge is 2.03. The molecule has 0 spiro atoms. The van der Waals surface area contributed by atoms with Crippen molar-refractivity contribution in [1.29, 1.82) is 0 Å².